The third-order valence-electron chi connectivity index (χ3n) is 4.33. The first kappa shape index (κ1) is 11.0. The Kier molecular flexibility index (Phi) is 2.58. The van der Waals surface area contributed by atoms with E-state index >= 15 is 0 Å². The van der Waals surface area contributed by atoms with E-state index in [9.17, 15) is 4.39 Å². The van der Waals surface area contributed by atoms with Gasteiger partial charge in [-0.3, -0.25) is 0 Å². The second kappa shape index (κ2) is 3.98. The summed E-state index contributed by atoms with van der Waals surface area (Å²) in [6.45, 7) is 1.15. The number of nitrogens with two attached hydrogens (primary N) is 1. The van der Waals surface area contributed by atoms with Crippen LogP contribution >= 0.6 is 0 Å². The van der Waals surface area contributed by atoms with Gasteiger partial charge in [0.25, 0.3) is 0 Å². The van der Waals surface area contributed by atoms with Gasteiger partial charge in [0.2, 0.25) is 0 Å². The molecule has 3 heteroatoms. The molecule has 1 aromatic rings. The lowest BCUT2D eigenvalue weighted by Crippen LogP contribution is -2.33. The fourth-order valence-corrected chi connectivity index (χ4v) is 3.28. The topological polar surface area (TPSA) is 35.2 Å². The molecule has 2 nitrogen and oxygen atoms in total. The molecule has 1 heterocycles. The van der Waals surface area contributed by atoms with Gasteiger partial charge in [-0.1, -0.05) is 18.9 Å². The molecule has 1 aliphatic heterocycles. The molecule has 0 spiro atoms. The SMILES string of the molecule is NCC1(c2ccc3c(c2F)CCO3)CCCC1. The molecule has 2 aliphatic rings. The molecule has 0 aromatic heterocycles. The number of halogens is 1. The number of hydrogen-bond donors (Lipinski definition) is 1. The predicted octanol–water partition coefficient (Wildman–Crippen LogP) is 2.53. The van der Waals surface area contributed by atoms with Gasteiger partial charge in [-0.25, -0.2) is 4.39 Å². The Hall–Kier alpha value is -1.09. The summed E-state index contributed by atoms with van der Waals surface area (Å²) in [4.78, 5) is 0. The Morgan fingerprint density at radius 2 is 2.06 bits per heavy atom. The van der Waals surface area contributed by atoms with E-state index in [1.165, 1.54) is 0 Å². The summed E-state index contributed by atoms with van der Waals surface area (Å²) < 4.78 is 19.9. The highest BCUT2D eigenvalue weighted by Crippen LogP contribution is 2.43. The van der Waals surface area contributed by atoms with Gasteiger partial charge in [-0.15, -0.1) is 0 Å². The zero-order valence-electron chi connectivity index (χ0n) is 9.97. The van der Waals surface area contributed by atoms with E-state index in [0.717, 1.165) is 42.6 Å². The van der Waals surface area contributed by atoms with Gasteiger partial charge in [-0.2, -0.15) is 0 Å². The Labute approximate surface area is 101 Å². The van der Waals surface area contributed by atoms with E-state index < -0.39 is 0 Å². The van der Waals surface area contributed by atoms with Crippen molar-refractivity contribution in [2.24, 2.45) is 5.73 Å². The van der Waals surface area contributed by atoms with Gasteiger partial charge < -0.3 is 10.5 Å². The quantitative estimate of drug-likeness (QED) is 0.855. The summed E-state index contributed by atoms with van der Waals surface area (Å²) in [5, 5.41) is 0. The fraction of sp³-hybridized carbons (Fsp3) is 0.571. The molecule has 1 saturated carbocycles. The van der Waals surface area contributed by atoms with Crippen molar-refractivity contribution in [2.75, 3.05) is 13.2 Å². The lowest BCUT2D eigenvalue weighted by atomic mass is 9.78. The molecule has 17 heavy (non-hydrogen) atoms. The molecule has 2 N–H and O–H groups in total. The van der Waals surface area contributed by atoms with Crippen LogP contribution in [0.5, 0.6) is 5.75 Å². The monoisotopic (exact) mass is 235 g/mol. The average molecular weight is 235 g/mol. The van der Waals surface area contributed by atoms with E-state index in [2.05, 4.69) is 0 Å². The molecule has 0 unspecified atom stereocenters. The van der Waals surface area contributed by atoms with Gasteiger partial charge in [0.05, 0.1) is 6.61 Å². The largest absolute Gasteiger partial charge is 0.493 e. The Morgan fingerprint density at radius 1 is 1.29 bits per heavy atom. The summed E-state index contributed by atoms with van der Waals surface area (Å²) in [6, 6.07) is 3.80. The molecule has 3 rings (SSSR count). The highest BCUT2D eigenvalue weighted by atomic mass is 19.1. The molecule has 1 aliphatic carbocycles. The standard InChI is InChI=1S/C14H18FNO/c15-13-10-5-8-17-12(10)4-3-11(13)14(9-16)6-1-2-7-14/h3-4H,1-2,5-9,16H2. The van der Waals surface area contributed by atoms with Crippen LogP contribution in [0.15, 0.2) is 12.1 Å². The van der Waals surface area contributed by atoms with Crippen LogP contribution in [0.2, 0.25) is 0 Å². The second-order valence-corrected chi connectivity index (χ2v) is 5.19. The van der Waals surface area contributed by atoms with E-state index in [1.807, 2.05) is 12.1 Å². The van der Waals surface area contributed by atoms with Crippen molar-refractivity contribution < 1.29 is 9.13 Å². The third-order valence-corrected chi connectivity index (χ3v) is 4.33. The molecule has 0 amide bonds. The number of benzene rings is 1. The van der Waals surface area contributed by atoms with Crippen LogP contribution in [0.3, 0.4) is 0 Å². The van der Waals surface area contributed by atoms with Crippen LogP contribution in [-0.2, 0) is 11.8 Å². The van der Waals surface area contributed by atoms with E-state index in [1.54, 1.807) is 0 Å². The van der Waals surface area contributed by atoms with Crippen molar-refractivity contribution in [3.8, 4) is 5.75 Å². The van der Waals surface area contributed by atoms with Crippen LogP contribution < -0.4 is 10.5 Å². The number of fused-ring (bicyclic) bond motifs is 1. The lowest BCUT2D eigenvalue weighted by molar-refractivity contribution is 0.356. The number of hydrogen-bond acceptors (Lipinski definition) is 2. The van der Waals surface area contributed by atoms with Gasteiger partial charge in [0.1, 0.15) is 11.6 Å². The maximum Gasteiger partial charge on any atom is 0.134 e. The van der Waals surface area contributed by atoms with Gasteiger partial charge >= 0.3 is 0 Å². The van der Waals surface area contributed by atoms with Crippen LogP contribution in [-0.4, -0.2) is 13.2 Å². The second-order valence-electron chi connectivity index (χ2n) is 5.19. The van der Waals surface area contributed by atoms with Crippen molar-refractivity contribution in [1.29, 1.82) is 0 Å². The molecular weight excluding hydrogens is 217 g/mol. The molecule has 92 valence electrons. The first-order chi connectivity index (χ1) is 8.27. The minimum atomic E-state index is -0.123. The molecule has 0 bridgehead atoms. The first-order valence-corrected chi connectivity index (χ1v) is 6.41. The Balaban J connectivity index is 2.09. The van der Waals surface area contributed by atoms with Gasteiger partial charge in [0.15, 0.2) is 0 Å². The zero-order chi connectivity index (χ0) is 11.9. The van der Waals surface area contributed by atoms with Gasteiger partial charge in [-0.05, 0) is 24.5 Å². The van der Waals surface area contributed by atoms with Crippen molar-refractivity contribution in [1.82, 2.24) is 0 Å². The zero-order valence-corrected chi connectivity index (χ0v) is 9.97. The van der Waals surface area contributed by atoms with Crippen LogP contribution in [0.25, 0.3) is 0 Å². The molecule has 0 saturated heterocycles. The van der Waals surface area contributed by atoms with E-state index in [0.29, 0.717) is 19.6 Å². The summed E-state index contributed by atoms with van der Waals surface area (Å²) in [6.07, 6.45) is 5.03. The highest BCUT2D eigenvalue weighted by molar-refractivity contribution is 5.44. The Bertz CT molecular complexity index is 438. The molecule has 1 aromatic carbocycles. The summed E-state index contributed by atoms with van der Waals surface area (Å²) >= 11 is 0. The van der Waals surface area contributed by atoms with Crippen LogP contribution in [0.1, 0.15) is 36.8 Å². The van der Waals surface area contributed by atoms with E-state index in [-0.39, 0.29) is 11.2 Å². The molecular formula is C14H18FNO. The average Bonchev–Trinajstić information content (AvgIpc) is 2.98. The molecule has 0 atom stereocenters. The lowest BCUT2D eigenvalue weighted by Gasteiger charge is -2.28. The maximum atomic E-state index is 14.5. The normalized spacial score (nSPS) is 21.3. The fourth-order valence-electron chi connectivity index (χ4n) is 3.28. The summed E-state index contributed by atoms with van der Waals surface area (Å²) in [7, 11) is 0. The minimum absolute atomic E-state index is 0.0626. The van der Waals surface area contributed by atoms with Crippen molar-refractivity contribution in [3.63, 3.8) is 0 Å². The van der Waals surface area contributed by atoms with Gasteiger partial charge in [0, 0.05) is 23.9 Å². The minimum Gasteiger partial charge on any atom is -0.493 e. The number of rotatable bonds is 2. The first-order valence-electron chi connectivity index (χ1n) is 6.41. The highest BCUT2D eigenvalue weighted by Gasteiger charge is 2.37. The third kappa shape index (κ3) is 1.56. The predicted molar refractivity (Wildman–Crippen MR) is 64.8 cm³/mol. The Morgan fingerprint density at radius 3 is 2.76 bits per heavy atom. The smallest absolute Gasteiger partial charge is 0.134 e. The van der Waals surface area contributed by atoms with Crippen LogP contribution in [0, 0.1) is 5.82 Å². The number of ether oxygens (including phenoxy) is 1. The summed E-state index contributed by atoms with van der Waals surface area (Å²) in [5.74, 6) is 0.656. The van der Waals surface area contributed by atoms with Crippen molar-refractivity contribution >= 4 is 0 Å². The molecule has 1 fully saturated rings. The van der Waals surface area contributed by atoms with E-state index in [4.69, 9.17) is 10.5 Å². The molecule has 0 radical (unpaired) electrons. The van der Waals surface area contributed by atoms with Crippen LogP contribution in [0.4, 0.5) is 4.39 Å². The van der Waals surface area contributed by atoms with Crippen molar-refractivity contribution in [3.05, 3.63) is 29.1 Å². The van der Waals surface area contributed by atoms with Crippen molar-refractivity contribution in [2.45, 2.75) is 37.5 Å². The summed E-state index contributed by atoms with van der Waals surface area (Å²) in [5.41, 5.74) is 7.37. The maximum absolute atomic E-state index is 14.5.